The van der Waals surface area contributed by atoms with E-state index in [1.54, 1.807) is 14.2 Å². The number of likely N-dealkylation sites (N-methyl/N-ethyl adjacent to an activating group) is 1. The first-order valence-corrected chi connectivity index (χ1v) is 10.9. The molecular formula is C25H31NO4. The normalized spacial score (nSPS) is 33.6. The Hall–Kier alpha value is -2.08. The van der Waals surface area contributed by atoms with Crippen molar-refractivity contribution in [2.45, 2.75) is 49.0 Å². The van der Waals surface area contributed by atoms with Gasteiger partial charge in [-0.25, -0.2) is 0 Å². The molecule has 30 heavy (non-hydrogen) atoms. The highest BCUT2D eigenvalue weighted by Gasteiger charge is 2.57. The molecule has 4 atom stereocenters. The number of ether oxygens (including phenoxy) is 4. The van der Waals surface area contributed by atoms with Gasteiger partial charge in [-0.15, -0.1) is 0 Å². The highest BCUT2D eigenvalue weighted by molar-refractivity contribution is 5.46. The quantitative estimate of drug-likeness (QED) is 0.752. The van der Waals surface area contributed by atoms with Crippen LogP contribution in [0.3, 0.4) is 0 Å². The Balaban J connectivity index is 1.42. The third-order valence-electron chi connectivity index (χ3n) is 7.52. The summed E-state index contributed by atoms with van der Waals surface area (Å²) in [6.45, 7) is 1.71. The van der Waals surface area contributed by atoms with Crippen molar-refractivity contribution >= 4 is 0 Å². The van der Waals surface area contributed by atoms with Gasteiger partial charge in [0.2, 0.25) is 0 Å². The summed E-state index contributed by atoms with van der Waals surface area (Å²) in [6.07, 6.45) is 4.00. The number of fused-ring (bicyclic) bond motifs is 1. The van der Waals surface area contributed by atoms with Gasteiger partial charge in [0.25, 0.3) is 0 Å². The molecule has 2 aromatic rings. The maximum Gasteiger partial charge on any atom is 0.170 e. The van der Waals surface area contributed by atoms with Crippen LogP contribution in [0.15, 0.2) is 48.5 Å². The minimum Gasteiger partial charge on any atom is -0.493 e. The predicted molar refractivity (Wildman–Crippen MR) is 115 cm³/mol. The van der Waals surface area contributed by atoms with Crippen LogP contribution in [-0.2, 0) is 14.9 Å². The molecule has 2 saturated heterocycles. The van der Waals surface area contributed by atoms with E-state index in [1.807, 2.05) is 12.1 Å². The molecular weight excluding hydrogens is 378 g/mol. The Labute approximate surface area is 178 Å². The largest absolute Gasteiger partial charge is 0.493 e. The van der Waals surface area contributed by atoms with Crippen LogP contribution < -0.4 is 9.47 Å². The minimum atomic E-state index is -0.482. The van der Waals surface area contributed by atoms with Crippen LogP contribution in [0.1, 0.15) is 42.9 Å². The second-order valence-electron chi connectivity index (χ2n) is 8.92. The van der Waals surface area contributed by atoms with E-state index in [1.165, 1.54) is 11.1 Å². The molecule has 0 N–H and O–H groups in total. The number of benzene rings is 2. The molecule has 5 rings (SSSR count). The molecule has 0 aromatic heterocycles. The lowest BCUT2D eigenvalue weighted by atomic mass is 9.64. The smallest absolute Gasteiger partial charge is 0.170 e. The van der Waals surface area contributed by atoms with E-state index in [9.17, 15) is 0 Å². The van der Waals surface area contributed by atoms with Gasteiger partial charge in [-0.3, -0.25) is 0 Å². The fourth-order valence-corrected chi connectivity index (χ4v) is 5.83. The van der Waals surface area contributed by atoms with Gasteiger partial charge < -0.3 is 23.8 Å². The fraction of sp³-hybridized carbons (Fsp3) is 0.520. The lowest BCUT2D eigenvalue weighted by Crippen LogP contribution is -2.52. The van der Waals surface area contributed by atoms with E-state index in [0.717, 1.165) is 43.7 Å². The molecule has 2 aliphatic heterocycles. The molecule has 0 amide bonds. The maximum atomic E-state index is 6.60. The third kappa shape index (κ3) is 3.11. The SMILES string of the molecule is COc1ccc([C@]23CCN(C)[C@H]2CC2(CC3)OC[C@@H](c3ccccc3)O2)cc1OC. The molecule has 3 aliphatic rings. The summed E-state index contributed by atoms with van der Waals surface area (Å²) in [7, 11) is 5.62. The van der Waals surface area contributed by atoms with Crippen molar-refractivity contribution in [2.24, 2.45) is 0 Å². The second-order valence-corrected chi connectivity index (χ2v) is 8.92. The van der Waals surface area contributed by atoms with Crippen molar-refractivity contribution in [3.05, 3.63) is 59.7 Å². The van der Waals surface area contributed by atoms with Gasteiger partial charge in [0.1, 0.15) is 6.10 Å². The molecule has 5 nitrogen and oxygen atoms in total. The standard InChI is InChI=1S/C25H31NO4/c1-26-14-13-24(19-9-10-20(27-2)21(15-19)28-3)11-12-25(16-23(24)26)29-17-22(30-25)18-7-5-4-6-8-18/h4-10,15,22-23H,11-14,16-17H2,1-3H3/t22-,23-,24-,25?/m0/s1. The monoisotopic (exact) mass is 409 g/mol. The number of methoxy groups -OCH3 is 2. The highest BCUT2D eigenvalue weighted by Crippen LogP contribution is 2.55. The summed E-state index contributed by atoms with van der Waals surface area (Å²) >= 11 is 0. The zero-order chi connectivity index (χ0) is 20.8. The summed E-state index contributed by atoms with van der Waals surface area (Å²) in [4.78, 5) is 2.49. The summed E-state index contributed by atoms with van der Waals surface area (Å²) in [5.74, 6) is 1.10. The Morgan fingerprint density at radius 2 is 1.77 bits per heavy atom. The highest BCUT2D eigenvalue weighted by atomic mass is 16.7. The van der Waals surface area contributed by atoms with Gasteiger partial charge in [-0.2, -0.15) is 0 Å². The van der Waals surface area contributed by atoms with E-state index in [-0.39, 0.29) is 11.5 Å². The van der Waals surface area contributed by atoms with Crippen LogP contribution >= 0.6 is 0 Å². The van der Waals surface area contributed by atoms with Crippen LogP contribution in [0.2, 0.25) is 0 Å². The third-order valence-corrected chi connectivity index (χ3v) is 7.52. The summed E-state index contributed by atoms with van der Waals surface area (Å²) in [6, 6.07) is 17.2. The molecule has 2 aromatic carbocycles. The molecule has 5 heteroatoms. The van der Waals surface area contributed by atoms with Gasteiger partial charge in [0.05, 0.1) is 20.8 Å². The van der Waals surface area contributed by atoms with Crippen molar-refractivity contribution in [3.8, 4) is 11.5 Å². The Kier molecular flexibility index (Phi) is 5.00. The zero-order valence-corrected chi connectivity index (χ0v) is 18.1. The van der Waals surface area contributed by atoms with Crippen molar-refractivity contribution in [3.63, 3.8) is 0 Å². The van der Waals surface area contributed by atoms with Gasteiger partial charge in [-0.1, -0.05) is 36.4 Å². The lowest BCUT2D eigenvalue weighted by Gasteiger charge is -2.48. The average Bonchev–Trinajstić information content (AvgIpc) is 3.36. The first-order valence-electron chi connectivity index (χ1n) is 10.9. The summed E-state index contributed by atoms with van der Waals surface area (Å²) in [5, 5.41) is 0. The average molecular weight is 410 g/mol. The Bertz CT molecular complexity index is 903. The van der Waals surface area contributed by atoms with Crippen LogP contribution in [0.25, 0.3) is 0 Å². The second kappa shape index (κ2) is 7.56. The van der Waals surface area contributed by atoms with Crippen LogP contribution in [-0.4, -0.2) is 51.1 Å². The molecule has 0 radical (unpaired) electrons. The van der Waals surface area contributed by atoms with Crippen molar-refractivity contribution in [1.82, 2.24) is 4.90 Å². The Morgan fingerprint density at radius 1 is 0.967 bits per heavy atom. The van der Waals surface area contributed by atoms with E-state index in [4.69, 9.17) is 18.9 Å². The molecule has 3 fully saturated rings. The first-order chi connectivity index (χ1) is 14.6. The minimum absolute atomic E-state index is 0.0199. The molecule has 160 valence electrons. The number of rotatable bonds is 4. The Morgan fingerprint density at radius 3 is 2.53 bits per heavy atom. The van der Waals surface area contributed by atoms with E-state index >= 15 is 0 Å². The zero-order valence-electron chi connectivity index (χ0n) is 18.1. The van der Waals surface area contributed by atoms with Crippen LogP contribution in [0.4, 0.5) is 0 Å². The van der Waals surface area contributed by atoms with Crippen molar-refractivity contribution in [1.29, 1.82) is 0 Å². The number of hydrogen-bond acceptors (Lipinski definition) is 5. The van der Waals surface area contributed by atoms with Crippen LogP contribution in [0, 0.1) is 0 Å². The fourth-order valence-electron chi connectivity index (χ4n) is 5.83. The van der Waals surface area contributed by atoms with Gasteiger partial charge in [0.15, 0.2) is 17.3 Å². The molecule has 0 bridgehead atoms. The van der Waals surface area contributed by atoms with Crippen molar-refractivity contribution < 1.29 is 18.9 Å². The van der Waals surface area contributed by atoms with E-state index in [2.05, 4.69) is 48.3 Å². The summed E-state index contributed by atoms with van der Waals surface area (Å²) < 4.78 is 24.0. The predicted octanol–water partition coefficient (Wildman–Crippen LogP) is 4.31. The number of likely N-dealkylation sites (tertiary alicyclic amines) is 1. The van der Waals surface area contributed by atoms with Crippen LogP contribution in [0.5, 0.6) is 11.5 Å². The number of nitrogens with zero attached hydrogens (tertiary/aromatic N) is 1. The van der Waals surface area contributed by atoms with Gasteiger partial charge >= 0.3 is 0 Å². The van der Waals surface area contributed by atoms with Gasteiger partial charge in [-0.05, 0) is 49.7 Å². The molecule has 1 unspecified atom stereocenters. The lowest BCUT2D eigenvalue weighted by molar-refractivity contribution is -0.204. The first kappa shape index (κ1) is 19.9. The van der Waals surface area contributed by atoms with E-state index < -0.39 is 5.79 Å². The number of hydrogen-bond donors (Lipinski definition) is 0. The molecule has 1 spiro atoms. The van der Waals surface area contributed by atoms with Crippen molar-refractivity contribution in [2.75, 3.05) is 34.4 Å². The van der Waals surface area contributed by atoms with E-state index in [0.29, 0.717) is 12.6 Å². The maximum absolute atomic E-state index is 6.60. The molecule has 1 saturated carbocycles. The molecule has 1 aliphatic carbocycles. The topological polar surface area (TPSA) is 40.2 Å². The molecule has 2 heterocycles. The van der Waals surface area contributed by atoms with Gasteiger partial charge in [0, 0.05) is 24.3 Å². The summed E-state index contributed by atoms with van der Waals surface area (Å²) in [5.41, 5.74) is 2.63.